The second-order valence-corrected chi connectivity index (χ2v) is 5.86. The highest BCUT2D eigenvalue weighted by atomic mass is 79.9. The largest absolute Gasteiger partial charge is 0.450 e. The van der Waals surface area contributed by atoms with Crippen molar-refractivity contribution in [2.45, 2.75) is 38.3 Å². The van der Waals surface area contributed by atoms with Crippen LogP contribution in [-0.4, -0.2) is 31.5 Å². The minimum atomic E-state index is -0.351. The van der Waals surface area contributed by atoms with Crippen molar-refractivity contribution in [3.8, 4) is 0 Å². The van der Waals surface area contributed by atoms with Crippen LogP contribution in [0.3, 0.4) is 0 Å². The van der Waals surface area contributed by atoms with Crippen LogP contribution in [0.25, 0.3) is 0 Å². The summed E-state index contributed by atoms with van der Waals surface area (Å²) in [6, 6.07) is 8.07. The molecule has 1 N–H and O–H groups in total. The molecular weight excluding hydrogens is 322 g/mol. The van der Waals surface area contributed by atoms with Gasteiger partial charge in [-0.3, -0.25) is 0 Å². The number of rotatable bonds is 7. The number of hydrogen-bond acceptors (Lipinski definition) is 3. The smallest absolute Gasteiger partial charge is 0.407 e. The second kappa shape index (κ2) is 7.64. The normalized spacial score (nSPS) is 18.4. The van der Waals surface area contributed by atoms with Crippen LogP contribution in [0, 0.1) is 0 Å². The van der Waals surface area contributed by atoms with Crippen LogP contribution in [0.5, 0.6) is 0 Å². The Kier molecular flexibility index (Phi) is 5.86. The summed E-state index contributed by atoms with van der Waals surface area (Å²) in [7, 11) is 0. The van der Waals surface area contributed by atoms with Gasteiger partial charge in [-0.25, -0.2) is 4.79 Å². The lowest BCUT2D eigenvalue weighted by Crippen LogP contribution is -2.40. The summed E-state index contributed by atoms with van der Waals surface area (Å²) in [5.41, 5.74) is 1.17. The fraction of sp³-hybridized carbons (Fsp3) is 0.533. The molecule has 1 fully saturated rings. The lowest BCUT2D eigenvalue weighted by Gasteiger charge is -2.16. The molecule has 1 aromatic rings. The van der Waals surface area contributed by atoms with Gasteiger partial charge in [0.15, 0.2) is 0 Å². The summed E-state index contributed by atoms with van der Waals surface area (Å²) < 4.78 is 11.5. The molecule has 0 saturated carbocycles. The van der Waals surface area contributed by atoms with Gasteiger partial charge in [0.25, 0.3) is 0 Å². The number of ether oxygens (including phenoxy) is 2. The van der Waals surface area contributed by atoms with E-state index in [1.54, 1.807) is 0 Å². The SMILES string of the molecule is CCCCOC(=O)N[C@@H](Cc1ccc(Br)cc1)[C@H]1CO1. The average molecular weight is 342 g/mol. The molecule has 4 nitrogen and oxygen atoms in total. The van der Waals surface area contributed by atoms with E-state index in [0.29, 0.717) is 13.2 Å². The first-order valence-electron chi connectivity index (χ1n) is 6.98. The van der Waals surface area contributed by atoms with Crippen LogP contribution >= 0.6 is 15.9 Å². The van der Waals surface area contributed by atoms with Crippen molar-refractivity contribution >= 4 is 22.0 Å². The fourth-order valence-electron chi connectivity index (χ4n) is 1.94. The molecule has 110 valence electrons. The van der Waals surface area contributed by atoms with Gasteiger partial charge in [0.2, 0.25) is 0 Å². The fourth-order valence-corrected chi connectivity index (χ4v) is 2.20. The zero-order valence-corrected chi connectivity index (χ0v) is 13.2. The molecule has 0 aromatic heterocycles. The van der Waals surface area contributed by atoms with Crippen LogP contribution in [-0.2, 0) is 15.9 Å². The molecule has 1 aliphatic heterocycles. The van der Waals surface area contributed by atoms with Crippen LogP contribution in [0.4, 0.5) is 4.79 Å². The Morgan fingerprint density at radius 2 is 2.20 bits per heavy atom. The number of benzene rings is 1. The van der Waals surface area contributed by atoms with E-state index >= 15 is 0 Å². The van der Waals surface area contributed by atoms with E-state index < -0.39 is 0 Å². The quantitative estimate of drug-likeness (QED) is 0.611. The van der Waals surface area contributed by atoms with E-state index in [1.165, 1.54) is 5.56 Å². The number of carbonyl (C=O) groups excluding carboxylic acids is 1. The minimum absolute atomic E-state index is 0.0229. The van der Waals surface area contributed by atoms with Crippen molar-refractivity contribution in [3.63, 3.8) is 0 Å². The van der Waals surface area contributed by atoms with Crippen molar-refractivity contribution in [2.24, 2.45) is 0 Å². The minimum Gasteiger partial charge on any atom is -0.450 e. The first-order chi connectivity index (χ1) is 9.69. The first-order valence-corrected chi connectivity index (χ1v) is 7.77. The molecule has 5 heteroatoms. The van der Waals surface area contributed by atoms with E-state index in [1.807, 2.05) is 24.3 Å². The summed E-state index contributed by atoms with van der Waals surface area (Å²) in [5, 5.41) is 2.90. The highest BCUT2D eigenvalue weighted by Crippen LogP contribution is 2.19. The van der Waals surface area contributed by atoms with Gasteiger partial charge in [0.1, 0.15) is 6.10 Å². The molecule has 2 rings (SSSR count). The maximum atomic E-state index is 11.7. The number of unbranched alkanes of at least 4 members (excludes halogenated alkanes) is 1. The summed E-state index contributed by atoms with van der Waals surface area (Å²) in [6.45, 7) is 3.24. The van der Waals surface area contributed by atoms with Gasteiger partial charge in [-0.05, 0) is 30.5 Å². The highest BCUT2D eigenvalue weighted by molar-refractivity contribution is 9.10. The molecule has 1 aliphatic rings. The van der Waals surface area contributed by atoms with Crippen LogP contribution in [0.1, 0.15) is 25.3 Å². The number of alkyl carbamates (subject to hydrolysis) is 1. The number of nitrogens with one attached hydrogen (secondary N) is 1. The molecule has 1 amide bonds. The number of carbonyl (C=O) groups is 1. The predicted octanol–water partition coefficient (Wildman–Crippen LogP) is 3.29. The molecule has 20 heavy (non-hydrogen) atoms. The molecule has 1 aromatic carbocycles. The Morgan fingerprint density at radius 1 is 1.50 bits per heavy atom. The number of hydrogen-bond donors (Lipinski definition) is 1. The topological polar surface area (TPSA) is 50.9 Å². The summed E-state index contributed by atoms with van der Waals surface area (Å²) >= 11 is 3.41. The van der Waals surface area contributed by atoms with Gasteiger partial charge in [0, 0.05) is 4.47 Å². The van der Waals surface area contributed by atoms with E-state index in [9.17, 15) is 4.79 Å². The molecule has 2 atom stereocenters. The third-order valence-electron chi connectivity index (χ3n) is 3.21. The van der Waals surface area contributed by atoms with Gasteiger partial charge >= 0.3 is 6.09 Å². The highest BCUT2D eigenvalue weighted by Gasteiger charge is 2.34. The van der Waals surface area contributed by atoms with Crippen molar-refractivity contribution in [1.29, 1.82) is 0 Å². The lowest BCUT2D eigenvalue weighted by atomic mass is 10.0. The third kappa shape index (κ3) is 5.13. The van der Waals surface area contributed by atoms with Gasteiger partial charge < -0.3 is 14.8 Å². The van der Waals surface area contributed by atoms with Crippen LogP contribution in [0.15, 0.2) is 28.7 Å². The zero-order chi connectivity index (χ0) is 14.4. The van der Waals surface area contributed by atoms with Gasteiger partial charge in [-0.2, -0.15) is 0 Å². The van der Waals surface area contributed by atoms with Gasteiger partial charge in [-0.1, -0.05) is 41.4 Å². The van der Waals surface area contributed by atoms with Crippen LogP contribution in [0.2, 0.25) is 0 Å². The lowest BCUT2D eigenvalue weighted by molar-refractivity contribution is 0.138. The average Bonchev–Trinajstić information content (AvgIpc) is 3.25. The van der Waals surface area contributed by atoms with Gasteiger partial charge in [0.05, 0.1) is 19.3 Å². The monoisotopic (exact) mass is 341 g/mol. The van der Waals surface area contributed by atoms with E-state index in [4.69, 9.17) is 9.47 Å². The molecule has 0 aliphatic carbocycles. The third-order valence-corrected chi connectivity index (χ3v) is 3.74. The van der Waals surface area contributed by atoms with Crippen molar-refractivity contribution in [1.82, 2.24) is 5.32 Å². The van der Waals surface area contributed by atoms with E-state index in [2.05, 4.69) is 28.2 Å². The van der Waals surface area contributed by atoms with Crippen molar-refractivity contribution in [3.05, 3.63) is 34.3 Å². The Labute approximate surface area is 128 Å². The van der Waals surface area contributed by atoms with Gasteiger partial charge in [-0.15, -0.1) is 0 Å². The Bertz CT molecular complexity index is 431. The van der Waals surface area contributed by atoms with E-state index in [-0.39, 0.29) is 18.2 Å². The Balaban J connectivity index is 1.84. The molecule has 0 bridgehead atoms. The maximum absolute atomic E-state index is 11.7. The molecular formula is C15H20BrNO3. The zero-order valence-electron chi connectivity index (χ0n) is 11.6. The first kappa shape index (κ1) is 15.3. The maximum Gasteiger partial charge on any atom is 0.407 e. The Hall–Kier alpha value is -1.07. The summed E-state index contributed by atoms with van der Waals surface area (Å²) in [4.78, 5) is 11.7. The summed E-state index contributed by atoms with van der Waals surface area (Å²) in [6.07, 6.45) is 2.42. The molecule has 1 heterocycles. The molecule has 1 saturated heterocycles. The number of halogens is 1. The summed E-state index contributed by atoms with van der Waals surface area (Å²) in [5.74, 6) is 0. The van der Waals surface area contributed by atoms with Crippen LogP contribution < -0.4 is 5.32 Å². The second-order valence-electron chi connectivity index (χ2n) is 4.94. The Morgan fingerprint density at radius 3 is 2.80 bits per heavy atom. The van der Waals surface area contributed by atoms with Crippen molar-refractivity contribution < 1.29 is 14.3 Å². The molecule has 0 spiro atoms. The van der Waals surface area contributed by atoms with Crippen molar-refractivity contribution in [2.75, 3.05) is 13.2 Å². The molecule has 0 radical (unpaired) electrons. The number of amides is 1. The van der Waals surface area contributed by atoms with E-state index in [0.717, 1.165) is 23.7 Å². The predicted molar refractivity (Wildman–Crippen MR) is 80.8 cm³/mol. The number of epoxide rings is 1. The standard InChI is InChI=1S/C15H20BrNO3/c1-2-3-8-19-15(18)17-13(14-10-20-14)9-11-4-6-12(16)7-5-11/h4-7,13-14H,2-3,8-10H2,1H3,(H,17,18)/t13-,14+/m0/s1. The molecule has 0 unspecified atom stereocenters.